The van der Waals surface area contributed by atoms with Gasteiger partial charge in [0.05, 0.1) is 6.61 Å². The Hall–Kier alpha value is -2.99. The van der Waals surface area contributed by atoms with Crippen LogP contribution in [0, 0.1) is 0 Å². The largest absolute Gasteiger partial charge is 0.478 e. The molecule has 0 N–H and O–H groups in total. The van der Waals surface area contributed by atoms with Crippen LogP contribution in [0.2, 0.25) is 0 Å². The zero-order chi connectivity index (χ0) is 17.6. The van der Waals surface area contributed by atoms with Gasteiger partial charge < -0.3 is 23.7 Å². The normalized spacial score (nSPS) is 14.8. The van der Waals surface area contributed by atoms with Crippen LogP contribution in [-0.2, 0) is 9.53 Å². The summed E-state index contributed by atoms with van der Waals surface area (Å²) < 4.78 is 27.0. The molecule has 0 aromatic heterocycles. The maximum Gasteiger partial charge on any atom is 0.361 e. The molecule has 0 amide bonds. The van der Waals surface area contributed by atoms with Crippen molar-refractivity contribution in [2.45, 2.75) is 13.4 Å². The third-order valence-electron chi connectivity index (χ3n) is 3.38. The summed E-state index contributed by atoms with van der Waals surface area (Å²) in [7, 11) is 0. The topological polar surface area (TPSA) is 63.2 Å². The van der Waals surface area contributed by atoms with Crippen LogP contribution in [0.5, 0.6) is 23.0 Å². The number of fused-ring (bicyclic) bond motifs is 1. The predicted molar refractivity (Wildman–Crippen MR) is 90.8 cm³/mol. The monoisotopic (exact) mass is 342 g/mol. The van der Waals surface area contributed by atoms with Crippen molar-refractivity contribution in [3.05, 3.63) is 54.6 Å². The predicted octanol–water partition coefficient (Wildman–Crippen LogP) is 3.41. The molecule has 25 heavy (non-hydrogen) atoms. The third-order valence-corrected chi connectivity index (χ3v) is 3.38. The molecule has 0 fully saturated rings. The van der Waals surface area contributed by atoms with Crippen molar-refractivity contribution >= 4 is 12.0 Å². The molecule has 1 heterocycles. The Kier molecular flexibility index (Phi) is 5.20. The SMILES string of the molecule is C=Cc1ccc(OC(=O)COc2cccc3c2OC(OCC)O3)cc1. The lowest BCUT2D eigenvalue weighted by Gasteiger charge is -2.10. The summed E-state index contributed by atoms with van der Waals surface area (Å²) >= 11 is 0. The molecule has 0 saturated heterocycles. The van der Waals surface area contributed by atoms with Gasteiger partial charge in [0.15, 0.2) is 18.1 Å². The van der Waals surface area contributed by atoms with Gasteiger partial charge in [0, 0.05) is 0 Å². The van der Waals surface area contributed by atoms with Crippen LogP contribution in [0.1, 0.15) is 12.5 Å². The van der Waals surface area contributed by atoms with Gasteiger partial charge >= 0.3 is 12.4 Å². The van der Waals surface area contributed by atoms with E-state index in [9.17, 15) is 4.79 Å². The maximum atomic E-state index is 11.9. The van der Waals surface area contributed by atoms with Gasteiger partial charge in [-0.05, 0) is 36.8 Å². The highest BCUT2D eigenvalue weighted by Gasteiger charge is 2.28. The standard InChI is InChI=1S/C19H18O6/c1-3-13-8-10-14(11-9-13)23-17(20)12-22-15-6-5-7-16-18(15)25-19(24-16)21-4-2/h3,5-11,19H,1,4,12H2,2H3. The van der Waals surface area contributed by atoms with E-state index in [1.165, 1.54) is 0 Å². The first kappa shape index (κ1) is 16.9. The summed E-state index contributed by atoms with van der Waals surface area (Å²) in [6.45, 7) is 4.89. The van der Waals surface area contributed by atoms with Crippen molar-refractivity contribution in [1.82, 2.24) is 0 Å². The lowest BCUT2D eigenvalue weighted by Crippen LogP contribution is -2.22. The molecule has 0 radical (unpaired) electrons. The average molecular weight is 342 g/mol. The van der Waals surface area contributed by atoms with Crippen molar-refractivity contribution in [1.29, 1.82) is 0 Å². The van der Waals surface area contributed by atoms with E-state index in [-0.39, 0.29) is 6.61 Å². The summed E-state index contributed by atoms with van der Waals surface area (Å²) in [6.07, 6.45) is 1.71. The van der Waals surface area contributed by atoms with Gasteiger partial charge in [-0.25, -0.2) is 4.79 Å². The minimum Gasteiger partial charge on any atom is -0.478 e. The van der Waals surface area contributed by atoms with Crippen molar-refractivity contribution in [3.8, 4) is 23.0 Å². The summed E-state index contributed by atoms with van der Waals surface area (Å²) in [5.74, 6) is 1.21. The van der Waals surface area contributed by atoms with Gasteiger partial charge in [-0.15, -0.1) is 0 Å². The zero-order valence-electron chi connectivity index (χ0n) is 13.8. The number of esters is 1. The van der Waals surface area contributed by atoms with Crippen molar-refractivity contribution in [2.75, 3.05) is 13.2 Å². The Labute approximate surface area is 145 Å². The van der Waals surface area contributed by atoms with E-state index in [4.69, 9.17) is 23.7 Å². The first-order chi connectivity index (χ1) is 12.2. The number of benzene rings is 2. The fourth-order valence-electron chi connectivity index (χ4n) is 2.22. The number of carbonyl (C=O) groups is 1. The Bertz CT molecular complexity index is 753. The molecule has 6 nitrogen and oxygen atoms in total. The fraction of sp³-hybridized carbons (Fsp3) is 0.211. The van der Waals surface area contributed by atoms with Crippen LogP contribution >= 0.6 is 0 Å². The van der Waals surface area contributed by atoms with E-state index in [0.717, 1.165) is 5.56 Å². The highest BCUT2D eigenvalue weighted by molar-refractivity contribution is 5.74. The highest BCUT2D eigenvalue weighted by Crippen LogP contribution is 2.42. The molecule has 2 aromatic carbocycles. The number of hydrogen-bond acceptors (Lipinski definition) is 6. The van der Waals surface area contributed by atoms with Crippen molar-refractivity contribution in [3.63, 3.8) is 0 Å². The lowest BCUT2D eigenvalue weighted by molar-refractivity contribution is -0.173. The van der Waals surface area contributed by atoms with Gasteiger partial charge in [0.1, 0.15) is 5.75 Å². The van der Waals surface area contributed by atoms with E-state index in [1.54, 1.807) is 48.5 Å². The van der Waals surface area contributed by atoms with Gasteiger partial charge in [-0.2, -0.15) is 0 Å². The van der Waals surface area contributed by atoms with Crippen LogP contribution in [0.4, 0.5) is 0 Å². The second kappa shape index (κ2) is 7.72. The van der Waals surface area contributed by atoms with E-state index in [2.05, 4.69) is 6.58 Å². The van der Waals surface area contributed by atoms with Crippen molar-refractivity contribution in [2.24, 2.45) is 0 Å². The van der Waals surface area contributed by atoms with Crippen LogP contribution in [0.25, 0.3) is 6.08 Å². The minimum atomic E-state index is -0.805. The number of rotatable bonds is 7. The maximum absolute atomic E-state index is 11.9. The number of para-hydroxylation sites is 1. The van der Waals surface area contributed by atoms with Gasteiger partial charge in [-0.1, -0.05) is 30.9 Å². The Balaban J connectivity index is 1.58. The van der Waals surface area contributed by atoms with E-state index in [0.29, 0.717) is 29.6 Å². The van der Waals surface area contributed by atoms with Crippen LogP contribution in [0.15, 0.2) is 49.0 Å². The van der Waals surface area contributed by atoms with E-state index >= 15 is 0 Å². The molecule has 1 atom stereocenters. The first-order valence-electron chi connectivity index (χ1n) is 7.83. The van der Waals surface area contributed by atoms with E-state index in [1.807, 2.05) is 6.92 Å². The molecule has 130 valence electrons. The van der Waals surface area contributed by atoms with Crippen molar-refractivity contribution < 1.29 is 28.5 Å². The molecule has 0 spiro atoms. The number of hydrogen-bond donors (Lipinski definition) is 0. The van der Waals surface area contributed by atoms with Crippen LogP contribution in [-0.4, -0.2) is 25.7 Å². The molecular formula is C19H18O6. The van der Waals surface area contributed by atoms with Gasteiger partial charge in [-0.3, -0.25) is 0 Å². The second-order valence-corrected chi connectivity index (χ2v) is 5.10. The quantitative estimate of drug-likeness (QED) is 0.568. The Morgan fingerprint density at radius 1 is 1.20 bits per heavy atom. The van der Waals surface area contributed by atoms with Gasteiger partial charge in [0.25, 0.3) is 0 Å². The van der Waals surface area contributed by atoms with Crippen LogP contribution < -0.4 is 18.9 Å². The Morgan fingerprint density at radius 3 is 2.72 bits per heavy atom. The molecule has 0 bridgehead atoms. The van der Waals surface area contributed by atoms with Crippen LogP contribution in [0.3, 0.4) is 0 Å². The third kappa shape index (κ3) is 4.10. The van der Waals surface area contributed by atoms with Gasteiger partial charge in [0.2, 0.25) is 5.75 Å². The first-order valence-corrected chi connectivity index (χ1v) is 7.83. The number of ether oxygens (including phenoxy) is 5. The lowest BCUT2D eigenvalue weighted by atomic mass is 10.2. The number of carbonyl (C=O) groups excluding carboxylic acids is 1. The second-order valence-electron chi connectivity index (χ2n) is 5.10. The average Bonchev–Trinajstić information content (AvgIpc) is 3.04. The highest BCUT2D eigenvalue weighted by atomic mass is 16.9. The molecule has 2 aromatic rings. The van der Waals surface area contributed by atoms with E-state index < -0.39 is 12.4 Å². The molecule has 1 aliphatic heterocycles. The molecular weight excluding hydrogens is 324 g/mol. The zero-order valence-corrected chi connectivity index (χ0v) is 13.8. The smallest absolute Gasteiger partial charge is 0.361 e. The molecule has 0 aliphatic carbocycles. The fourth-order valence-corrected chi connectivity index (χ4v) is 2.22. The molecule has 1 unspecified atom stereocenters. The minimum absolute atomic E-state index is 0.262. The summed E-state index contributed by atoms with van der Waals surface area (Å²) in [5, 5.41) is 0. The Morgan fingerprint density at radius 2 is 2.00 bits per heavy atom. The summed E-state index contributed by atoms with van der Waals surface area (Å²) in [5.41, 5.74) is 0.942. The molecule has 6 heteroatoms. The molecule has 3 rings (SSSR count). The molecule has 1 aliphatic rings. The summed E-state index contributed by atoms with van der Waals surface area (Å²) in [6, 6.07) is 12.2. The summed E-state index contributed by atoms with van der Waals surface area (Å²) in [4.78, 5) is 11.9. The molecule has 0 saturated carbocycles.